The Morgan fingerprint density at radius 1 is 1.26 bits per heavy atom. The molecule has 3 unspecified atom stereocenters. The average molecular weight is 256 g/mol. The van der Waals surface area contributed by atoms with Gasteiger partial charge in [0.2, 0.25) is 0 Å². The molecule has 1 aromatic heterocycles. The zero-order chi connectivity index (χ0) is 13.4. The maximum absolute atomic E-state index is 10.4. The van der Waals surface area contributed by atoms with Crippen LogP contribution in [0.4, 0.5) is 0 Å². The molecule has 3 atom stereocenters. The summed E-state index contributed by atoms with van der Waals surface area (Å²) in [6.07, 6.45) is 4.44. The number of hydrogen-bond donors (Lipinski definition) is 1. The molecule has 1 aromatic carbocycles. The second-order valence-corrected chi connectivity index (χ2v) is 5.71. The number of aliphatic hydroxyl groups is 1. The van der Waals surface area contributed by atoms with E-state index in [2.05, 4.69) is 43.2 Å². The lowest BCUT2D eigenvalue weighted by Gasteiger charge is -2.08. The van der Waals surface area contributed by atoms with Gasteiger partial charge < -0.3 is 5.11 Å². The minimum absolute atomic E-state index is 0.338. The number of aliphatic hydroxyl groups excluding tert-OH is 1. The van der Waals surface area contributed by atoms with Crippen LogP contribution in [-0.2, 0) is 0 Å². The molecule has 1 aliphatic carbocycles. The Morgan fingerprint density at radius 2 is 2.00 bits per heavy atom. The van der Waals surface area contributed by atoms with Crippen molar-refractivity contribution in [3.63, 3.8) is 0 Å². The summed E-state index contributed by atoms with van der Waals surface area (Å²) in [5.74, 6) is 0.839. The molecule has 0 bridgehead atoms. The number of rotatable bonds is 4. The van der Waals surface area contributed by atoms with Crippen molar-refractivity contribution in [3.05, 3.63) is 53.9 Å². The molecule has 19 heavy (non-hydrogen) atoms. The molecule has 100 valence electrons. The Hall–Kier alpha value is -1.61. The molecular weight excluding hydrogens is 236 g/mol. The highest BCUT2D eigenvalue weighted by Gasteiger charge is 2.44. The molecule has 3 nitrogen and oxygen atoms in total. The number of nitrogens with zero attached hydrogens (tertiary/aromatic N) is 2. The molecule has 1 N–H and O–H groups in total. The van der Waals surface area contributed by atoms with Crippen molar-refractivity contribution in [3.8, 4) is 0 Å². The third-order valence-electron chi connectivity index (χ3n) is 3.97. The van der Waals surface area contributed by atoms with Crippen LogP contribution in [-0.4, -0.2) is 14.9 Å². The molecule has 3 rings (SSSR count). The van der Waals surface area contributed by atoms with Gasteiger partial charge in [0, 0.05) is 17.8 Å². The number of aromatic nitrogens is 2. The Balaban J connectivity index is 1.70. The van der Waals surface area contributed by atoms with Gasteiger partial charge in [-0.3, -0.25) is 4.68 Å². The van der Waals surface area contributed by atoms with Crippen molar-refractivity contribution in [2.45, 2.75) is 38.3 Å². The summed E-state index contributed by atoms with van der Waals surface area (Å²) in [6, 6.07) is 10.8. The largest absolute Gasteiger partial charge is 0.388 e. The molecule has 0 aliphatic heterocycles. The highest BCUT2D eigenvalue weighted by Crippen LogP contribution is 2.53. The first-order valence-electron chi connectivity index (χ1n) is 6.94. The summed E-state index contributed by atoms with van der Waals surface area (Å²) < 4.78 is 1.90. The van der Waals surface area contributed by atoms with Crippen molar-refractivity contribution in [2.24, 2.45) is 5.92 Å². The first kappa shape index (κ1) is 12.4. The van der Waals surface area contributed by atoms with Gasteiger partial charge in [-0.05, 0) is 37.7 Å². The van der Waals surface area contributed by atoms with Gasteiger partial charge in [-0.15, -0.1) is 0 Å². The summed E-state index contributed by atoms with van der Waals surface area (Å²) >= 11 is 0. The van der Waals surface area contributed by atoms with Crippen LogP contribution in [0.3, 0.4) is 0 Å². The van der Waals surface area contributed by atoms with Crippen molar-refractivity contribution in [2.75, 3.05) is 0 Å². The van der Waals surface area contributed by atoms with E-state index in [9.17, 15) is 5.11 Å². The van der Waals surface area contributed by atoms with Crippen molar-refractivity contribution in [1.29, 1.82) is 0 Å². The van der Waals surface area contributed by atoms with Gasteiger partial charge in [0.1, 0.15) is 0 Å². The normalized spacial score (nSPS) is 23.6. The minimum atomic E-state index is -0.391. The summed E-state index contributed by atoms with van der Waals surface area (Å²) in [7, 11) is 0. The molecule has 3 heteroatoms. The topological polar surface area (TPSA) is 38.0 Å². The third-order valence-corrected chi connectivity index (χ3v) is 3.97. The zero-order valence-electron chi connectivity index (χ0n) is 11.4. The molecule has 1 fully saturated rings. The molecule has 0 spiro atoms. The van der Waals surface area contributed by atoms with Crippen molar-refractivity contribution < 1.29 is 5.11 Å². The standard InChI is InChI=1S/C16H20N2O/c1-11(2)18-10-13(9-17-18)16(19)15-8-14(15)12-6-4-3-5-7-12/h3-7,9-11,14-16,19H,8H2,1-2H3. The Kier molecular flexibility index (Phi) is 3.15. The van der Waals surface area contributed by atoms with Crippen LogP contribution in [0.15, 0.2) is 42.7 Å². The van der Waals surface area contributed by atoms with Gasteiger partial charge in [0.25, 0.3) is 0 Å². The fourth-order valence-corrected chi connectivity index (χ4v) is 2.68. The second-order valence-electron chi connectivity index (χ2n) is 5.71. The molecule has 0 saturated heterocycles. The van der Waals surface area contributed by atoms with Crippen LogP contribution in [0, 0.1) is 5.92 Å². The van der Waals surface area contributed by atoms with E-state index in [1.807, 2.05) is 16.9 Å². The molecule has 1 aliphatic rings. The summed E-state index contributed by atoms with van der Waals surface area (Å²) in [6.45, 7) is 4.18. The minimum Gasteiger partial charge on any atom is -0.388 e. The summed E-state index contributed by atoms with van der Waals surface area (Å²) in [5.41, 5.74) is 2.28. The lowest BCUT2D eigenvalue weighted by molar-refractivity contribution is 0.151. The SMILES string of the molecule is CC(C)n1cc(C(O)C2CC2c2ccccc2)cn1. The van der Waals surface area contributed by atoms with E-state index in [1.165, 1.54) is 5.56 Å². The third kappa shape index (κ3) is 2.43. The monoisotopic (exact) mass is 256 g/mol. The summed E-state index contributed by atoms with van der Waals surface area (Å²) in [4.78, 5) is 0. The molecule has 0 radical (unpaired) electrons. The van der Waals surface area contributed by atoms with E-state index < -0.39 is 6.10 Å². The van der Waals surface area contributed by atoms with Crippen LogP contribution in [0.25, 0.3) is 0 Å². The van der Waals surface area contributed by atoms with Gasteiger partial charge in [0.05, 0.1) is 12.3 Å². The Labute approximate surface area is 113 Å². The van der Waals surface area contributed by atoms with E-state index in [4.69, 9.17) is 0 Å². The predicted molar refractivity (Wildman–Crippen MR) is 74.9 cm³/mol. The highest BCUT2D eigenvalue weighted by atomic mass is 16.3. The molecule has 0 amide bonds. The van der Waals surface area contributed by atoms with E-state index in [0.717, 1.165) is 12.0 Å². The smallest absolute Gasteiger partial charge is 0.0854 e. The van der Waals surface area contributed by atoms with Gasteiger partial charge in [-0.1, -0.05) is 30.3 Å². The molecule has 1 heterocycles. The van der Waals surface area contributed by atoms with Crippen molar-refractivity contribution >= 4 is 0 Å². The molecule has 2 aromatic rings. The van der Waals surface area contributed by atoms with Gasteiger partial charge in [-0.2, -0.15) is 5.10 Å². The quantitative estimate of drug-likeness (QED) is 0.911. The predicted octanol–water partition coefficient (Wildman–Crippen LogP) is 3.30. The maximum atomic E-state index is 10.4. The fraction of sp³-hybridized carbons (Fsp3) is 0.438. The molecular formula is C16H20N2O. The first-order valence-corrected chi connectivity index (χ1v) is 6.94. The first-order chi connectivity index (χ1) is 9.16. The maximum Gasteiger partial charge on any atom is 0.0854 e. The Bertz CT molecular complexity index is 547. The summed E-state index contributed by atoms with van der Waals surface area (Å²) in [5, 5.41) is 14.7. The van der Waals surface area contributed by atoms with Gasteiger partial charge >= 0.3 is 0 Å². The van der Waals surface area contributed by atoms with Crippen LogP contribution in [0.2, 0.25) is 0 Å². The van der Waals surface area contributed by atoms with Gasteiger partial charge in [0.15, 0.2) is 0 Å². The lowest BCUT2D eigenvalue weighted by Crippen LogP contribution is -2.02. The zero-order valence-corrected chi connectivity index (χ0v) is 11.4. The highest BCUT2D eigenvalue weighted by molar-refractivity contribution is 5.28. The van der Waals surface area contributed by atoms with Crippen LogP contribution in [0.5, 0.6) is 0 Å². The van der Waals surface area contributed by atoms with Crippen molar-refractivity contribution in [1.82, 2.24) is 9.78 Å². The van der Waals surface area contributed by atoms with Crippen LogP contribution < -0.4 is 0 Å². The number of benzene rings is 1. The Morgan fingerprint density at radius 3 is 2.63 bits per heavy atom. The van der Waals surface area contributed by atoms with Crippen LogP contribution >= 0.6 is 0 Å². The van der Waals surface area contributed by atoms with E-state index >= 15 is 0 Å². The van der Waals surface area contributed by atoms with E-state index in [1.54, 1.807) is 6.20 Å². The fourth-order valence-electron chi connectivity index (χ4n) is 2.68. The van der Waals surface area contributed by atoms with E-state index in [0.29, 0.717) is 17.9 Å². The van der Waals surface area contributed by atoms with E-state index in [-0.39, 0.29) is 0 Å². The van der Waals surface area contributed by atoms with Crippen LogP contribution in [0.1, 0.15) is 49.5 Å². The number of hydrogen-bond acceptors (Lipinski definition) is 2. The van der Waals surface area contributed by atoms with Gasteiger partial charge in [-0.25, -0.2) is 0 Å². The lowest BCUT2D eigenvalue weighted by atomic mass is 10.0. The average Bonchev–Trinajstić information content (AvgIpc) is 3.06. The molecule has 1 saturated carbocycles. The second kappa shape index (κ2) is 4.82.